The Morgan fingerprint density at radius 3 is 2.68 bits per heavy atom. The van der Waals surface area contributed by atoms with Crippen LogP contribution in [0.3, 0.4) is 0 Å². The minimum atomic E-state index is -0.756. The monoisotopic (exact) mass is 507 g/mol. The number of carbonyl (C=O) groups excluding carboxylic acids is 3. The second-order valence-electron chi connectivity index (χ2n) is 8.63. The van der Waals surface area contributed by atoms with E-state index in [1.807, 2.05) is 30.3 Å². The molecule has 1 aliphatic rings. The Balaban J connectivity index is 1.69. The van der Waals surface area contributed by atoms with E-state index in [-0.39, 0.29) is 43.8 Å². The van der Waals surface area contributed by atoms with Crippen LogP contribution < -0.4 is 15.4 Å². The van der Waals surface area contributed by atoms with Gasteiger partial charge in [0.15, 0.2) is 0 Å². The lowest BCUT2D eigenvalue weighted by atomic mass is 10.1. The van der Waals surface area contributed by atoms with Crippen LogP contribution in [-0.2, 0) is 27.3 Å². The molecule has 0 aliphatic carbocycles. The second kappa shape index (κ2) is 13.9. The number of rotatable bonds is 15. The third-order valence-corrected chi connectivity index (χ3v) is 6.13. The van der Waals surface area contributed by atoms with Crippen LogP contribution in [0.15, 0.2) is 65.5 Å². The molecule has 0 saturated carbocycles. The Kier molecular flexibility index (Phi) is 10.3. The van der Waals surface area contributed by atoms with Gasteiger partial charge in [-0.15, -0.1) is 0 Å². The molecule has 10 heteroatoms. The first kappa shape index (κ1) is 27.5. The summed E-state index contributed by atoms with van der Waals surface area (Å²) in [6.07, 6.45) is 3.52. The van der Waals surface area contributed by atoms with Crippen LogP contribution in [0.2, 0.25) is 0 Å². The van der Waals surface area contributed by atoms with Crippen molar-refractivity contribution in [3.63, 3.8) is 0 Å². The zero-order valence-electron chi connectivity index (χ0n) is 21.1. The van der Waals surface area contributed by atoms with Crippen LogP contribution in [0, 0.1) is 5.53 Å². The van der Waals surface area contributed by atoms with Crippen molar-refractivity contribution in [3.05, 3.63) is 77.1 Å². The van der Waals surface area contributed by atoms with Crippen molar-refractivity contribution in [2.45, 2.75) is 37.9 Å². The standard InChI is InChI=1S/C27H33N5O5/c1-29-26(34)24(11-7-13-33)32-16-23-22(27(32)35)10-6-12-25(23)37-18-21(31-28)15-30-20(17-36-2)14-19-8-4-3-5-9-19/h3-6,8-10,12-13,15,20,24,28,30H,7,11,14,16-18H2,1-2H3,(H,29,34)/b21-15-,31-28?/t20-,24?/m1/s1. The molecule has 1 unspecified atom stereocenters. The van der Waals surface area contributed by atoms with Crippen LogP contribution in [0.1, 0.15) is 34.3 Å². The number of hydrogen-bond acceptors (Lipinski definition) is 8. The predicted octanol–water partition coefficient (Wildman–Crippen LogP) is 2.83. The molecule has 2 aromatic rings. The number of benzene rings is 2. The molecule has 0 spiro atoms. The molecule has 10 nitrogen and oxygen atoms in total. The summed E-state index contributed by atoms with van der Waals surface area (Å²) in [5, 5.41) is 9.41. The van der Waals surface area contributed by atoms with Crippen LogP contribution in [-0.4, -0.2) is 62.5 Å². The average Bonchev–Trinajstić information content (AvgIpc) is 3.26. The van der Waals surface area contributed by atoms with Gasteiger partial charge in [-0.05, 0) is 30.5 Å². The number of amides is 2. The molecular weight excluding hydrogens is 474 g/mol. The summed E-state index contributed by atoms with van der Waals surface area (Å²) in [6, 6.07) is 14.4. The number of aldehydes is 1. The van der Waals surface area contributed by atoms with Gasteiger partial charge in [0.2, 0.25) is 5.91 Å². The number of nitrogens with one attached hydrogen (secondary N) is 3. The Labute approximate surface area is 216 Å². The summed E-state index contributed by atoms with van der Waals surface area (Å²) in [6.45, 7) is 0.665. The van der Waals surface area contributed by atoms with E-state index in [1.54, 1.807) is 31.5 Å². The van der Waals surface area contributed by atoms with Gasteiger partial charge >= 0.3 is 0 Å². The molecule has 2 aromatic carbocycles. The highest BCUT2D eigenvalue weighted by atomic mass is 16.5. The first-order valence-corrected chi connectivity index (χ1v) is 12.1. The smallest absolute Gasteiger partial charge is 0.255 e. The average molecular weight is 508 g/mol. The molecular formula is C27H33N5O5. The molecule has 1 heterocycles. The molecule has 0 saturated heterocycles. The summed E-state index contributed by atoms with van der Waals surface area (Å²) >= 11 is 0. The molecule has 37 heavy (non-hydrogen) atoms. The summed E-state index contributed by atoms with van der Waals surface area (Å²) in [5.41, 5.74) is 10.2. The van der Waals surface area contributed by atoms with Crippen molar-refractivity contribution >= 4 is 18.1 Å². The lowest BCUT2D eigenvalue weighted by Gasteiger charge is -2.25. The van der Waals surface area contributed by atoms with E-state index in [2.05, 4.69) is 15.7 Å². The number of carbonyl (C=O) groups is 3. The maximum absolute atomic E-state index is 13.1. The third kappa shape index (κ3) is 7.23. The predicted molar refractivity (Wildman–Crippen MR) is 137 cm³/mol. The van der Waals surface area contributed by atoms with Crippen molar-refractivity contribution in [2.24, 2.45) is 5.11 Å². The van der Waals surface area contributed by atoms with Crippen LogP contribution in [0.25, 0.3) is 0 Å². The zero-order valence-corrected chi connectivity index (χ0v) is 21.1. The zero-order chi connectivity index (χ0) is 26.6. The first-order valence-electron chi connectivity index (χ1n) is 12.1. The summed E-state index contributed by atoms with van der Waals surface area (Å²) in [4.78, 5) is 37.9. The van der Waals surface area contributed by atoms with E-state index in [4.69, 9.17) is 15.0 Å². The molecule has 0 aromatic heterocycles. The van der Waals surface area contributed by atoms with Crippen molar-refractivity contribution < 1.29 is 23.9 Å². The molecule has 0 bridgehead atoms. The molecule has 2 atom stereocenters. The summed E-state index contributed by atoms with van der Waals surface area (Å²) in [7, 11) is 3.14. The molecule has 2 amide bonds. The minimum Gasteiger partial charge on any atom is -0.487 e. The van der Waals surface area contributed by atoms with Gasteiger partial charge in [0.05, 0.1) is 19.2 Å². The number of nitrogens with zero attached hydrogens (tertiary/aromatic N) is 2. The molecule has 0 radical (unpaired) electrons. The van der Waals surface area contributed by atoms with Crippen molar-refractivity contribution in [2.75, 3.05) is 27.4 Å². The second-order valence-corrected chi connectivity index (χ2v) is 8.63. The maximum Gasteiger partial charge on any atom is 0.255 e. The Hall–Kier alpha value is -4.05. The lowest BCUT2D eigenvalue weighted by Crippen LogP contribution is -2.46. The van der Waals surface area contributed by atoms with Gasteiger partial charge in [0.1, 0.15) is 30.4 Å². The third-order valence-electron chi connectivity index (χ3n) is 6.13. The van der Waals surface area contributed by atoms with Gasteiger partial charge < -0.3 is 29.8 Å². The molecule has 0 fully saturated rings. The Morgan fingerprint density at radius 2 is 2.00 bits per heavy atom. The van der Waals surface area contributed by atoms with Gasteiger partial charge in [0.25, 0.3) is 5.91 Å². The van der Waals surface area contributed by atoms with Gasteiger partial charge in [-0.2, -0.15) is 5.11 Å². The van der Waals surface area contributed by atoms with E-state index < -0.39 is 6.04 Å². The SMILES string of the molecule is CNC(=O)C(CCC=O)N1Cc2c(OC/C(=C/N[C@@H](COC)Cc3ccccc3)N=N)cccc2C1=O. The van der Waals surface area contributed by atoms with Crippen molar-refractivity contribution in [3.8, 4) is 5.75 Å². The number of ether oxygens (including phenoxy) is 2. The van der Waals surface area contributed by atoms with E-state index in [9.17, 15) is 14.4 Å². The number of fused-ring (bicyclic) bond motifs is 1. The normalized spacial score (nSPS) is 14.5. The van der Waals surface area contributed by atoms with E-state index in [1.165, 1.54) is 11.9 Å². The fourth-order valence-electron chi connectivity index (χ4n) is 4.27. The van der Waals surface area contributed by atoms with Crippen molar-refractivity contribution in [1.29, 1.82) is 5.53 Å². The quantitative estimate of drug-likeness (QED) is 0.251. The summed E-state index contributed by atoms with van der Waals surface area (Å²) < 4.78 is 11.3. The van der Waals surface area contributed by atoms with Gasteiger partial charge in [-0.1, -0.05) is 36.4 Å². The van der Waals surface area contributed by atoms with Crippen LogP contribution in [0.5, 0.6) is 5.75 Å². The highest BCUT2D eigenvalue weighted by molar-refractivity contribution is 6.01. The Morgan fingerprint density at radius 1 is 1.22 bits per heavy atom. The Bertz CT molecular complexity index is 1120. The van der Waals surface area contributed by atoms with Gasteiger partial charge in [-0.3, -0.25) is 9.59 Å². The lowest BCUT2D eigenvalue weighted by molar-refractivity contribution is -0.125. The minimum absolute atomic E-state index is 0.0101. The first-order chi connectivity index (χ1) is 18.0. The fourth-order valence-corrected chi connectivity index (χ4v) is 4.27. The van der Waals surface area contributed by atoms with Gasteiger partial charge in [-0.25, -0.2) is 5.53 Å². The highest BCUT2D eigenvalue weighted by Gasteiger charge is 2.37. The largest absolute Gasteiger partial charge is 0.487 e. The molecule has 196 valence electrons. The van der Waals surface area contributed by atoms with Crippen molar-refractivity contribution in [1.82, 2.24) is 15.5 Å². The van der Waals surface area contributed by atoms with Crippen LogP contribution in [0.4, 0.5) is 0 Å². The molecule has 3 N–H and O–H groups in total. The van der Waals surface area contributed by atoms with E-state index >= 15 is 0 Å². The van der Waals surface area contributed by atoms with Crippen LogP contribution >= 0.6 is 0 Å². The number of methoxy groups -OCH3 is 1. The van der Waals surface area contributed by atoms with E-state index in [0.717, 1.165) is 18.3 Å². The maximum atomic E-state index is 13.1. The number of hydrogen-bond donors (Lipinski definition) is 3. The summed E-state index contributed by atoms with van der Waals surface area (Å²) in [5.74, 6) is -0.131. The fraction of sp³-hybridized carbons (Fsp3) is 0.370. The topological polar surface area (TPSA) is 133 Å². The molecule has 1 aliphatic heterocycles. The number of likely N-dealkylation sites (N-methyl/N-ethyl adjacent to an activating group) is 1. The van der Waals surface area contributed by atoms with Gasteiger partial charge in [0, 0.05) is 37.9 Å². The molecule has 3 rings (SSSR count). The highest BCUT2D eigenvalue weighted by Crippen LogP contribution is 2.33. The van der Waals surface area contributed by atoms with E-state index in [0.29, 0.717) is 29.2 Å².